The molecule has 4 nitrogen and oxygen atoms in total. The molecule has 2 rings (SSSR count). The predicted molar refractivity (Wildman–Crippen MR) is 77.9 cm³/mol. The molecule has 1 atom stereocenters. The zero-order chi connectivity index (χ0) is 13.7. The first kappa shape index (κ1) is 13.6. The third-order valence-electron chi connectivity index (χ3n) is 3.22. The predicted octanol–water partition coefficient (Wildman–Crippen LogP) is 2.17. The highest BCUT2D eigenvalue weighted by atomic mass is 16.2. The molecule has 1 amide bonds. The van der Waals surface area contributed by atoms with Gasteiger partial charge in [0.15, 0.2) is 0 Å². The minimum atomic E-state index is -0.180. The van der Waals surface area contributed by atoms with Crippen LogP contribution < -0.4 is 10.6 Å². The molecule has 0 spiro atoms. The smallest absolute Gasteiger partial charge is 0.236 e. The summed E-state index contributed by atoms with van der Waals surface area (Å²) in [6.07, 6.45) is 2.95. The van der Waals surface area contributed by atoms with E-state index in [9.17, 15) is 4.79 Å². The molecule has 0 aliphatic rings. The number of amides is 1. The molecule has 0 bridgehead atoms. The fraction of sp³-hybridized carbons (Fsp3) is 0.400. The molecule has 0 aliphatic carbocycles. The number of rotatable bonds is 6. The van der Waals surface area contributed by atoms with Crippen molar-refractivity contribution >= 4 is 16.8 Å². The Morgan fingerprint density at radius 1 is 1.37 bits per heavy atom. The Morgan fingerprint density at radius 3 is 2.95 bits per heavy atom. The van der Waals surface area contributed by atoms with E-state index in [2.05, 4.69) is 27.8 Å². The van der Waals surface area contributed by atoms with Crippen molar-refractivity contribution in [3.05, 3.63) is 36.0 Å². The summed E-state index contributed by atoms with van der Waals surface area (Å²) < 4.78 is 0. The highest BCUT2D eigenvalue weighted by molar-refractivity contribution is 5.83. The number of nitrogens with one attached hydrogen (secondary N) is 3. The molecule has 0 aliphatic heterocycles. The molecular formula is C15H21N3O. The number of hydrogen-bond acceptors (Lipinski definition) is 2. The van der Waals surface area contributed by atoms with Gasteiger partial charge in [0.2, 0.25) is 5.91 Å². The van der Waals surface area contributed by atoms with E-state index in [0.29, 0.717) is 6.54 Å². The third kappa shape index (κ3) is 3.35. The van der Waals surface area contributed by atoms with Gasteiger partial charge in [-0.1, -0.05) is 25.1 Å². The van der Waals surface area contributed by atoms with E-state index in [1.807, 2.05) is 32.2 Å². The van der Waals surface area contributed by atoms with E-state index >= 15 is 0 Å². The summed E-state index contributed by atoms with van der Waals surface area (Å²) in [4.78, 5) is 15.0. The van der Waals surface area contributed by atoms with Crippen molar-refractivity contribution in [3.63, 3.8) is 0 Å². The summed E-state index contributed by atoms with van der Waals surface area (Å²) in [5.41, 5.74) is 2.31. The number of para-hydroxylation sites is 1. The van der Waals surface area contributed by atoms with Crippen molar-refractivity contribution in [2.75, 3.05) is 6.54 Å². The maximum absolute atomic E-state index is 11.7. The Labute approximate surface area is 113 Å². The Bertz CT molecular complexity index is 547. The molecule has 1 heterocycles. The van der Waals surface area contributed by atoms with Crippen molar-refractivity contribution in [2.45, 2.75) is 32.9 Å². The summed E-state index contributed by atoms with van der Waals surface area (Å²) in [5, 5.41) is 7.35. The van der Waals surface area contributed by atoms with Crippen LogP contribution in [0.3, 0.4) is 0 Å². The maximum atomic E-state index is 11.7. The van der Waals surface area contributed by atoms with E-state index in [1.165, 1.54) is 10.9 Å². The molecule has 4 heteroatoms. The second-order valence-corrected chi connectivity index (χ2v) is 4.75. The zero-order valence-corrected chi connectivity index (χ0v) is 11.5. The molecule has 3 N–H and O–H groups in total. The van der Waals surface area contributed by atoms with Crippen molar-refractivity contribution < 1.29 is 4.79 Å². The fourth-order valence-electron chi connectivity index (χ4n) is 2.03. The van der Waals surface area contributed by atoms with Crippen LogP contribution in [0.15, 0.2) is 30.5 Å². The number of aromatic amines is 1. The van der Waals surface area contributed by atoms with Gasteiger partial charge in [-0.15, -0.1) is 0 Å². The second kappa shape index (κ2) is 6.38. The van der Waals surface area contributed by atoms with Gasteiger partial charge >= 0.3 is 0 Å². The summed E-state index contributed by atoms with van der Waals surface area (Å²) in [6, 6.07) is 8.00. The first-order valence-corrected chi connectivity index (χ1v) is 6.78. The third-order valence-corrected chi connectivity index (χ3v) is 3.22. The average molecular weight is 259 g/mol. The van der Waals surface area contributed by atoms with Gasteiger partial charge in [-0.25, -0.2) is 0 Å². The highest BCUT2D eigenvalue weighted by Crippen LogP contribution is 2.17. The fourth-order valence-corrected chi connectivity index (χ4v) is 2.03. The maximum Gasteiger partial charge on any atom is 0.236 e. The van der Waals surface area contributed by atoms with Crippen LogP contribution in [0.1, 0.15) is 25.8 Å². The molecule has 0 saturated heterocycles. The molecule has 1 unspecified atom stereocenters. The number of carbonyl (C=O) groups is 1. The lowest BCUT2D eigenvalue weighted by Crippen LogP contribution is -2.42. The number of aromatic nitrogens is 1. The van der Waals surface area contributed by atoms with Crippen LogP contribution in [-0.2, 0) is 11.3 Å². The lowest BCUT2D eigenvalue weighted by Gasteiger charge is -2.13. The number of H-pyrrole nitrogens is 1. The van der Waals surface area contributed by atoms with Gasteiger partial charge in [0.05, 0.1) is 6.04 Å². The Kier molecular flexibility index (Phi) is 4.58. The minimum absolute atomic E-state index is 0.0571. The van der Waals surface area contributed by atoms with Crippen molar-refractivity contribution in [1.82, 2.24) is 15.6 Å². The summed E-state index contributed by atoms with van der Waals surface area (Å²) >= 11 is 0. The first-order chi connectivity index (χ1) is 9.22. The minimum Gasteiger partial charge on any atom is -0.361 e. The van der Waals surface area contributed by atoms with Crippen LogP contribution in [-0.4, -0.2) is 23.5 Å². The molecule has 2 aromatic rings. The Balaban J connectivity index is 1.93. The van der Waals surface area contributed by atoms with Crippen molar-refractivity contribution in [3.8, 4) is 0 Å². The molecule has 102 valence electrons. The van der Waals surface area contributed by atoms with Crippen LogP contribution >= 0.6 is 0 Å². The number of hydrogen-bond donors (Lipinski definition) is 3. The lowest BCUT2D eigenvalue weighted by molar-refractivity contribution is -0.122. The molecule has 1 aromatic heterocycles. The average Bonchev–Trinajstić information content (AvgIpc) is 2.85. The van der Waals surface area contributed by atoms with Crippen LogP contribution in [0.2, 0.25) is 0 Å². The summed E-state index contributed by atoms with van der Waals surface area (Å²) in [7, 11) is 0. The van der Waals surface area contributed by atoms with Crippen LogP contribution in [0.5, 0.6) is 0 Å². The quantitative estimate of drug-likeness (QED) is 0.744. The Morgan fingerprint density at radius 2 is 2.16 bits per heavy atom. The molecule has 19 heavy (non-hydrogen) atoms. The zero-order valence-electron chi connectivity index (χ0n) is 11.5. The van der Waals surface area contributed by atoms with Gasteiger partial charge in [-0.2, -0.15) is 0 Å². The van der Waals surface area contributed by atoms with Gasteiger partial charge in [0.25, 0.3) is 0 Å². The number of carbonyl (C=O) groups excluding carboxylic acids is 1. The van der Waals surface area contributed by atoms with E-state index in [1.54, 1.807) is 0 Å². The molecular weight excluding hydrogens is 238 g/mol. The SMILES string of the molecule is CCCNC(=O)C(C)NCc1c[nH]c2ccccc12. The van der Waals surface area contributed by atoms with E-state index < -0.39 is 0 Å². The normalized spacial score (nSPS) is 12.5. The molecule has 0 saturated carbocycles. The van der Waals surface area contributed by atoms with Gasteiger partial charge in [0.1, 0.15) is 0 Å². The Hall–Kier alpha value is -1.81. The van der Waals surface area contributed by atoms with Gasteiger partial charge in [0, 0.05) is 30.2 Å². The van der Waals surface area contributed by atoms with E-state index in [-0.39, 0.29) is 11.9 Å². The largest absolute Gasteiger partial charge is 0.361 e. The second-order valence-electron chi connectivity index (χ2n) is 4.75. The standard InChI is InChI=1S/C15H21N3O/c1-3-8-16-15(19)11(2)17-9-12-10-18-14-7-5-4-6-13(12)14/h4-7,10-11,17-18H,3,8-9H2,1-2H3,(H,16,19). The van der Waals surface area contributed by atoms with Crippen LogP contribution in [0.25, 0.3) is 10.9 Å². The van der Waals surface area contributed by atoms with Crippen molar-refractivity contribution in [2.24, 2.45) is 0 Å². The number of benzene rings is 1. The number of fused-ring (bicyclic) bond motifs is 1. The monoisotopic (exact) mass is 259 g/mol. The van der Waals surface area contributed by atoms with E-state index in [0.717, 1.165) is 18.5 Å². The summed E-state index contributed by atoms with van der Waals surface area (Å²) in [5.74, 6) is 0.0571. The first-order valence-electron chi connectivity index (χ1n) is 6.78. The van der Waals surface area contributed by atoms with Gasteiger partial charge in [-0.3, -0.25) is 4.79 Å². The van der Waals surface area contributed by atoms with Gasteiger partial charge < -0.3 is 15.6 Å². The topological polar surface area (TPSA) is 56.9 Å². The van der Waals surface area contributed by atoms with Gasteiger partial charge in [-0.05, 0) is 25.0 Å². The van der Waals surface area contributed by atoms with Crippen LogP contribution in [0, 0.1) is 0 Å². The lowest BCUT2D eigenvalue weighted by atomic mass is 10.1. The highest BCUT2D eigenvalue weighted by Gasteiger charge is 2.12. The molecule has 1 aromatic carbocycles. The van der Waals surface area contributed by atoms with Crippen molar-refractivity contribution in [1.29, 1.82) is 0 Å². The van der Waals surface area contributed by atoms with E-state index in [4.69, 9.17) is 0 Å². The molecule has 0 fully saturated rings. The molecule has 0 radical (unpaired) electrons. The summed E-state index contributed by atoms with van der Waals surface area (Å²) in [6.45, 7) is 5.35. The van der Waals surface area contributed by atoms with Crippen LogP contribution in [0.4, 0.5) is 0 Å².